The van der Waals surface area contributed by atoms with Crippen LogP contribution in [-0.4, -0.2) is 40.8 Å². The number of nitrogen functional groups attached to an aromatic ring is 1. The second-order valence-corrected chi connectivity index (χ2v) is 9.26. The number of nitriles is 1. The number of nitrogens with two attached hydrogens (primary N) is 1. The van der Waals surface area contributed by atoms with Gasteiger partial charge in [0.15, 0.2) is 11.2 Å². The number of fused-ring (bicyclic) bond motifs is 2. The molecule has 1 saturated heterocycles. The fourth-order valence-electron chi connectivity index (χ4n) is 4.27. The predicted molar refractivity (Wildman–Crippen MR) is 125 cm³/mol. The lowest BCUT2D eigenvalue weighted by Gasteiger charge is -2.19. The van der Waals surface area contributed by atoms with E-state index in [1.54, 1.807) is 0 Å². The molecule has 3 N–H and O–H groups in total. The van der Waals surface area contributed by atoms with Gasteiger partial charge in [-0.1, -0.05) is 6.07 Å². The number of pyridine rings is 1. The van der Waals surface area contributed by atoms with E-state index < -0.39 is 23.3 Å². The molecule has 2 atom stereocenters. The number of methoxy groups -OCH3 is 1. The number of ether oxygens (including phenoxy) is 2. The number of nitrogens with zero attached hydrogens (tertiary/aromatic N) is 4. The van der Waals surface area contributed by atoms with Gasteiger partial charge in [-0.2, -0.15) is 28.4 Å². The van der Waals surface area contributed by atoms with Gasteiger partial charge in [0.25, 0.3) is 0 Å². The molecule has 5 rings (SSSR count). The van der Waals surface area contributed by atoms with Crippen molar-refractivity contribution in [2.24, 2.45) is 0 Å². The van der Waals surface area contributed by atoms with E-state index in [0.717, 1.165) is 17.4 Å². The molecule has 0 radical (unpaired) electrons. The molecule has 0 spiro atoms. The molecule has 4 aromatic rings. The molecule has 186 valence electrons. The Morgan fingerprint density at radius 2 is 2.00 bits per heavy atom. The third-order valence-corrected chi connectivity index (χ3v) is 7.03. The van der Waals surface area contributed by atoms with Crippen LogP contribution in [0.5, 0.6) is 11.9 Å². The number of aromatic nitrogens is 3. The number of halogens is 4. The summed E-state index contributed by atoms with van der Waals surface area (Å²) < 4.78 is 68.6. The Morgan fingerprint density at radius 1 is 1.22 bits per heavy atom. The van der Waals surface area contributed by atoms with Gasteiger partial charge < -0.3 is 20.5 Å². The summed E-state index contributed by atoms with van der Waals surface area (Å²) in [7, 11) is 1.32. The lowest BCUT2D eigenvalue weighted by Crippen LogP contribution is -2.31. The third kappa shape index (κ3) is 3.92. The standard InChI is InChI=1S/C23H18F4N6O2S/c1-9-15(5-6-30-9)35-21-17-14(31-22(33-21)34-2)7-11(19(32-17)23(25,26)27)10-3-4-13(24)18-16(10)12(8-28)20(29)36-18/h3-4,7,9,15,30H,5-6,29H2,1-2H3. The molecule has 36 heavy (non-hydrogen) atoms. The summed E-state index contributed by atoms with van der Waals surface area (Å²) in [5, 5.41) is 12.8. The number of anilines is 1. The van der Waals surface area contributed by atoms with Gasteiger partial charge in [-0.25, -0.2) is 9.37 Å². The average Bonchev–Trinajstić information content (AvgIpc) is 3.40. The van der Waals surface area contributed by atoms with Crippen molar-refractivity contribution in [3.05, 3.63) is 35.3 Å². The van der Waals surface area contributed by atoms with Gasteiger partial charge in [0.05, 0.1) is 17.4 Å². The van der Waals surface area contributed by atoms with E-state index in [9.17, 15) is 22.8 Å². The maximum atomic E-state index is 14.5. The summed E-state index contributed by atoms with van der Waals surface area (Å²) >= 11 is 0.789. The molecule has 0 bridgehead atoms. The highest BCUT2D eigenvalue weighted by Gasteiger charge is 2.38. The lowest BCUT2D eigenvalue weighted by atomic mass is 9.97. The Balaban J connectivity index is 1.82. The van der Waals surface area contributed by atoms with Crippen LogP contribution in [0.15, 0.2) is 18.2 Å². The van der Waals surface area contributed by atoms with E-state index >= 15 is 0 Å². The number of benzene rings is 1. The van der Waals surface area contributed by atoms with Crippen LogP contribution >= 0.6 is 11.3 Å². The molecule has 1 aliphatic rings. The van der Waals surface area contributed by atoms with Crippen LogP contribution in [0.4, 0.5) is 22.6 Å². The summed E-state index contributed by atoms with van der Waals surface area (Å²) in [6.45, 7) is 2.58. The van der Waals surface area contributed by atoms with Gasteiger partial charge in [0.2, 0.25) is 5.88 Å². The summed E-state index contributed by atoms with van der Waals surface area (Å²) in [5.41, 5.74) is 3.89. The second-order valence-electron chi connectivity index (χ2n) is 8.21. The summed E-state index contributed by atoms with van der Waals surface area (Å²) in [6.07, 6.45) is -4.62. The van der Waals surface area contributed by atoms with Crippen molar-refractivity contribution in [1.29, 1.82) is 5.26 Å². The van der Waals surface area contributed by atoms with Crippen LogP contribution in [-0.2, 0) is 6.18 Å². The SMILES string of the molecule is COc1nc(OC2CCNC2C)c2nc(C(F)(F)F)c(-c3ccc(F)c4sc(N)c(C#N)c34)cc2n1. The Labute approximate surface area is 205 Å². The van der Waals surface area contributed by atoms with Gasteiger partial charge in [0.1, 0.15) is 28.5 Å². The fourth-order valence-corrected chi connectivity index (χ4v) is 5.22. The zero-order valence-electron chi connectivity index (χ0n) is 18.9. The number of rotatable bonds is 4. The van der Waals surface area contributed by atoms with E-state index in [2.05, 4.69) is 20.3 Å². The minimum atomic E-state index is -4.90. The minimum Gasteiger partial charge on any atom is -0.471 e. The van der Waals surface area contributed by atoms with E-state index in [-0.39, 0.29) is 61.3 Å². The quantitative estimate of drug-likeness (QED) is 0.375. The van der Waals surface area contributed by atoms with E-state index in [4.69, 9.17) is 15.2 Å². The van der Waals surface area contributed by atoms with Crippen LogP contribution in [0.2, 0.25) is 0 Å². The molecule has 1 aliphatic heterocycles. The Kier molecular flexibility index (Phi) is 5.80. The number of hydrogen-bond donors (Lipinski definition) is 2. The molecular weight excluding hydrogens is 500 g/mol. The molecule has 1 aromatic carbocycles. The van der Waals surface area contributed by atoms with Crippen LogP contribution in [0, 0.1) is 17.1 Å². The van der Waals surface area contributed by atoms with Gasteiger partial charge >= 0.3 is 12.2 Å². The monoisotopic (exact) mass is 518 g/mol. The minimum absolute atomic E-state index is 0.000121. The first kappa shape index (κ1) is 24.0. The summed E-state index contributed by atoms with van der Waals surface area (Å²) in [5.74, 6) is -0.843. The first-order valence-electron chi connectivity index (χ1n) is 10.8. The van der Waals surface area contributed by atoms with Gasteiger partial charge in [0, 0.05) is 17.0 Å². The predicted octanol–water partition coefficient (Wildman–Crippen LogP) is 4.66. The van der Waals surface area contributed by atoms with Crippen molar-refractivity contribution in [3.8, 4) is 29.1 Å². The molecule has 0 saturated carbocycles. The third-order valence-electron chi connectivity index (χ3n) is 6.01. The summed E-state index contributed by atoms with van der Waals surface area (Å²) in [6, 6.07) is 5.06. The molecule has 3 aromatic heterocycles. The lowest BCUT2D eigenvalue weighted by molar-refractivity contribution is -0.140. The number of alkyl halides is 3. The molecular formula is C23H18F4N6O2S. The maximum Gasteiger partial charge on any atom is 0.433 e. The molecule has 8 nitrogen and oxygen atoms in total. The van der Waals surface area contributed by atoms with Crippen LogP contribution < -0.4 is 20.5 Å². The van der Waals surface area contributed by atoms with Crippen molar-refractivity contribution >= 4 is 37.5 Å². The van der Waals surface area contributed by atoms with Crippen molar-refractivity contribution in [1.82, 2.24) is 20.3 Å². The zero-order valence-corrected chi connectivity index (χ0v) is 19.7. The highest BCUT2D eigenvalue weighted by atomic mass is 32.1. The average molecular weight is 518 g/mol. The summed E-state index contributed by atoms with van der Waals surface area (Å²) in [4.78, 5) is 12.2. The first-order chi connectivity index (χ1) is 17.1. The molecule has 13 heteroatoms. The number of nitrogens with one attached hydrogen (secondary N) is 1. The zero-order chi connectivity index (χ0) is 25.8. The van der Waals surface area contributed by atoms with Crippen LogP contribution in [0.1, 0.15) is 24.6 Å². The van der Waals surface area contributed by atoms with Crippen molar-refractivity contribution in [2.75, 3.05) is 19.4 Å². The fraction of sp³-hybridized carbons (Fsp3) is 0.304. The maximum absolute atomic E-state index is 14.5. The van der Waals surface area contributed by atoms with Gasteiger partial charge in [-0.3, -0.25) is 0 Å². The van der Waals surface area contributed by atoms with Crippen molar-refractivity contribution in [2.45, 2.75) is 31.7 Å². The molecule has 0 aliphatic carbocycles. The first-order valence-corrected chi connectivity index (χ1v) is 11.6. The van der Waals surface area contributed by atoms with E-state index in [1.165, 1.54) is 19.2 Å². The Hall–Kier alpha value is -3.76. The molecule has 2 unspecified atom stereocenters. The Bertz CT molecular complexity index is 1550. The van der Waals surface area contributed by atoms with Crippen LogP contribution in [0.3, 0.4) is 0 Å². The molecule has 4 heterocycles. The molecule has 1 fully saturated rings. The second kappa shape index (κ2) is 8.72. The van der Waals surface area contributed by atoms with Crippen molar-refractivity contribution in [3.63, 3.8) is 0 Å². The normalized spacial score (nSPS) is 18.0. The highest BCUT2D eigenvalue weighted by molar-refractivity contribution is 7.23. The van der Waals surface area contributed by atoms with E-state index in [0.29, 0.717) is 13.0 Å². The van der Waals surface area contributed by atoms with Gasteiger partial charge in [-0.15, -0.1) is 11.3 Å². The Morgan fingerprint density at radius 3 is 2.64 bits per heavy atom. The van der Waals surface area contributed by atoms with Crippen molar-refractivity contribution < 1.29 is 27.0 Å². The largest absolute Gasteiger partial charge is 0.471 e. The highest BCUT2D eigenvalue weighted by Crippen LogP contribution is 2.45. The molecule has 0 amide bonds. The van der Waals surface area contributed by atoms with Gasteiger partial charge in [-0.05, 0) is 37.6 Å². The van der Waals surface area contributed by atoms with Crippen LogP contribution in [0.25, 0.3) is 32.2 Å². The van der Waals surface area contributed by atoms with E-state index in [1.807, 2.05) is 13.0 Å². The smallest absolute Gasteiger partial charge is 0.433 e. The topological polar surface area (TPSA) is 119 Å². The number of thiophene rings is 1. The number of hydrogen-bond acceptors (Lipinski definition) is 9.